The molecule has 2 aromatic heterocycles. The van der Waals surface area contributed by atoms with E-state index in [1.54, 1.807) is 36.1 Å². The van der Waals surface area contributed by atoms with E-state index < -0.39 is 18.1 Å². The summed E-state index contributed by atoms with van der Waals surface area (Å²) in [6.45, 7) is 7.53. The topological polar surface area (TPSA) is 143 Å². The van der Waals surface area contributed by atoms with Crippen molar-refractivity contribution in [2.45, 2.75) is 25.9 Å². The summed E-state index contributed by atoms with van der Waals surface area (Å²) in [5.74, 6) is -0.177. The van der Waals surface area contributed by atoms with Crippen LogP contribution in [0.2, 0.25) is 0 Å². The Morgan fingerprint density at radius 1 is 1.27 bits per heavy atom. The Kier molecular flexibility index (Phi) is 7.95. The third-order valence-corrected chi connectivity index (χ3v) is 5.06. The molecule has 2 aromatic rings. The van der Waals surface area contributed by atoms with E-state index in [9.17, 15) is 14.0 Å². The minimum Gasteiger partial charge on any atom is -0.399 e. The number of amides is 3. The van der Waals surface area contributed by atoms with Crippen molar-refractivity contribution in [3.05, 3.63) is 48.6 Å². The first kappa shape index (κ1) is 23.7. The van der Waals surface area contributed by atoms with Crippen molar-refractivity contribution in [2.24, 2.45) is 5.73 Å². The highest BCUT2D eigenvalue weighted by atomic mass is 19.1. The molecule has 4 N–H and O–H groups in total. The Labute approximate surface area is 190 Å². The zero-order valence-electron chi connectivity index (χ0n) is 18.3. The number of anilines is 3. The van der Waals surface area contributed by atoms with E-state index in [0.29, 0.717) is 38.3 Å². The van der Waals surface area contributed by atoms with Crippen molar-refractivity contribution < 1.29 is 18.4 Å². The van der Waals surface area contributed by atoms with Crippen LogP contribution in [-0.4, -0.2) is 64.4 Å². The molecule has 0 radical (unpaired) electrons. The molecule has 1 aliphatic heterocycles. The summed E-state index contributed by atoms with van der Waals surface area (Å²) in [5, 5.41) is 12.8. The van der Waals surface area contributed by atoms with Gasteiger partial charge in [0.25, 0.3) is 0 Å². The molecule has 176 valence electrons. The second kappa shape index (κ2) is 11.1. The number of urea groups is 1. The van der Waals surface area contributed by atoms with Crippen LogP contribution in [0.25, 0.3) is 0 Å². The van der Waals surface area contributed by atoms with Gasteiger partial charge in [0, 0.05) is 31.9 Å². The number of carbonyl (C=O) groups is 2. The average Bonchev–Trinajstić information content (AvgIpc) is 3.30. The van der Waals surface area contributed by atoms with Crippen LogP contribution in [-0.2, 0) is 0 Å². The number of rotatable bonds is 9. The number of hydrogen-bond donors (Lipinski definition) is 3. The van der Waals surface area contributed by atoms with Crippen molar-refractivity contribution in [2.75, 3.05) is 41.7 Å². The first-order valence-corrected chi connectivity index (χ1v) is 10.5. The van der Waals surface area contributed by atoms with E-state index >= 15 is 0 Å². The number of hydrogen-bond acceptors (Lipinski definition) is 8. The van der Waals surface area contributed by atoms with Crippen molar-refractivity contribution in [1.29, 1.82) is 0 Å². The van der Waals surface area contributed by atoms with E-state index in [-0.39, 0.29) is 24.0 Å². The molecule has 1 unspecified atom stereocenters. The highest BCUT2D eigenvalue weighted by Crippen LogP contribution is 2.19. The first-order chi connectivity index (χ1) is 15.9. The zero-order valence-corrected chi connectivity index (χ0v) is 18.3. The number of alkyl halides is 1. The maximum atomic E-state index is 14.2. The van der Waals surface area contributed by atoms with Crippen LogP contribution in [0, 0.1) is 0 Å². The van der Waals surface area contributed by atoms with Crippen LogP contribution < -0.4 is 21.3 Å². The molecule has 1 aliphatic rings. The molecule has 3 amide bonds. The summed E-state index contributed by atoms with van der Waals surface area (Å²) in [7, 11) is 0. The summed E-state index contributed by atoms with van der Waals surface area (Å²) in [5.41, 5.74) is 6.00. The fourth-order valence-electron chi connectivity index (χ4n) is 3.23. The Morgan fingerprint density at radius 2 is 2.03 bits per heavy atom. The van der Waals surface area contributed by atoms with Crippen LogP contribution in [0.4, 0.5) is 26.7 Å². The summed E-state index contributed by atoms with van der Waals surface area (Å²) < 4.78 is 19.5. The van der Waals surface area contributed by atoms with E-state index in [4.69, 9.17) is 10.2 Å². The molecule has 33 heavy (non-hydrogen) atoms. The maximum absolute atomic E-state index is 14.2. The second-order valence-corrected chi connectivity index (χ2v) is 7.29. The molecule has 0 bridgehead atoms. The van der Waals surface area contributed by atoms with Gasteiger partial charge in [0.15, 0.2) is 0 Å². The molecular formula is C21H27FN8O3. The fraction of sp³-hybridized carbons (Fsp3) is 0.381. The van der Waals surface area contributed by atoms with Gasteiger partial charge in [0.2, 0.25) is 0 Å². The van der Waals surface area contributed by atoms with Gasteiger partial charge in [-0.3, -0.25) is 4.79 Å². The zero-order chi connectivity index (χ0) is 23.8. The molecule has 0 saturated carbocycles. The lowest BCUT2D eigenvalue weighted by Crippen LogP contribution is -2.50. The largest absolute Gasteiger partial charge is 0.399 e. The number of nitrogens with zero attached hydrogens (tertiary/aromatic N) is 5. The van der Waals surface area contributed by atoms with Gasteiger partial charge in [-0.1, -0.05) is 17.3 Å². The Hall–Kier alpha value is -3.96. The summed E-state index contributed by atoms with van der Waals surface area (Å²) in [6.07, 6.45) is 4.25. The number of carbonyl (C=O) groups excluding carboxylic acids is 2. The molecule has 0 spiro atoms. The number of nitrogens with two attached hydrogens (primary N) is 1. The molecule has 3 heterocycles. The lowest BCUT2D eigenvalue weighted by molar-refractivity contribution is 0.0991. The van der Waals surface area contributed by atoms with Crippen LogP contribution in [0.5, 0.6) is 0 Å². The summed E-state index contributed by atoms with van der Waals surface area (Å²) in [6, 6.07) is 2.94. The number of piperazine rings is 1. The van der Waals surface area contributed by atoms with Gasteiger partial charge in [-0.2, -0.15) is 0 Å². The van der Waals surface area contributed by atoms with Gasteiger partial charge in [-0.25, -0.2) is 14.2 Å². The third-order valence-electron chi connectivity index (χ3n) is 5.06. The Balaban J connectivity index is 1.55. The van der Waals surface area contributed by atoms with Gasteiger partial charge in [-0.15, -0.1) is 11.7 Å². The minimum atomic E-state index is -1.25. The van der Waals surface area contributed by atoms with Crippen LogP contribution >= 0.6 is 0 Å². The minimum absolute atomic E-state index is 0.0851. The summed E-state index contributed by atoms with van der Waals surface area (Å²) >= 11 is 0. The second-order valence-electron chi connectivity index (χ2n) is 7.29. The monoisotopic (exact) mass is 458 g/mol. The molecule has 1 fully saturated rings. The number of nitrogens with one attached hydrogen (secondary N) is 2. The Bertz CT molecular complexity index is 999. The predicted octanol–water partition coefficient (Wildman–Crippen LogP) is 2.54. The molecule has 1 atom stereocenters. The lowest BCUT2D eigenvalue weighted by Gasteiger charge is -2.34. The Morgan fingerprint density at radius 3 is 2.64 bits per heavy atom. The molecule has 3 rings (SSSR count). The molecule has 11 nitrogen and oxygen atoms in total. The van der Waals surface area contributed by atoms with Gasteiger partial charge >= 0.3 is 23.8 Å². The summed E-state index contributed by atoms with van der Waals surface area (Å²) in [4.78, 5) is 31.6. The van der Waals surface area contributed by atoms with Crippen molar-refractivity contribution in [3.63, 3.8) is 0 Å². The van der Waals surface area contributed by atoms with E-state index in [1.807, 2.05) is 4.90 Å². The lowest BCUT2D eigenvalue weighted by atomic mass is 10.1. The number of halogens is 1. The van der Waals surface area contributed by atoms with Crippen molar-refractivity contribution in [3.8, 4) is 0 Å². The van der Waals surface area contributed by atoms with Crippen molar-refractivity contribution in [1.82, 2.24) is 20.1 Å². The molecule has 0 aliphatic carbocycles. The molecular weight excluding hydrogens is 431 g/mol. The highest BCUT2D eigenvalue weighted by molar-refractivity contribution is 6.00. The van der Waals surface area contributed by atoms with E-state index in [1.165, 1.54) is 6.20 Å². The highest BCUT2D eigenvalue weighted by Gasteiger charge is 2.21. The van der Waals surface area contributed by atoms with Gasteiger partial charge in [0.1, 0.15) is 12.0 Å². The number of aromatic nitrogens is 3. The quantitative estimate of drug-likeness (QED) is 0.487. The molecule has 1 saturated heterocycles. The normalized spacial score (nSPS) is 15.2. The van der Waals surface area contributed by atoms with E-state index in [0.717, 1.165) is 5.82 Å². The van der Waals surface area contributed by atoms with Gasteiger partial charge in [0.05, 0.1) is 11.9 Å². The molecule has 0 aromatic carbocycles. The smallest absolute Gasteiger partial charge is 0.320 e. The van der Waals surface area contributed by atoms with E-state index in [2.05, 4.69) is 32.4 Å². The SMILES string of the molecule is C=CCCC(F)/C(=C\C)Nc1nnc(C(=O)Nc2ccc(N3CCN(C(N)=O)CC3)nc2)o1. The van der Waals surface area contributed by atoms with Gasteiger partial charge < -0.3 is 30.6 Å². The van der Waals surface area contributed by atoms with Crippen LogP contribution in [0.1, 0.15) is 30.5 Å². The predicted molar refractivity (Wildman–Crippen MR) is 122 cm³/mol. The van der Waals surface area contributed by atoms with Crippen LogP contribution in [0.3, 0.4) is 0 Å². The van der Waals surface area contributed by atoms with Crippen LogP contribution in [0.15, 0.2) is 47.2 Å². The number of primary amides is 1. The fourth-order valence-corrected chi connectivity index (χ4v) is 3.23. The first-order valence-electron chi connectivity index (χ1n) is 10.5. The average molecular weight is 458 g/mol. The standard InChI is InChI=1S/C21H27FN8O3/c1-3-5-6-15(22)16(4-2)26-21-28-27-19(33-21)18(31)25-14-7-8-17(24-13-14)29-9-11-30(12-10-29)20(23)32/h3-4,7-8,13,15H,1,5-6,9-12H2,2H3,(H2,23,32)(H,25,31)(H,26,28)/b16-4+. The maximum Gasteiger partial charge on any atom is 0.320 e. The molecule has 12 heteroatoms. The van der Waals surface area contributed by atoms with Gasteiger partial charge in [-0.05, 0) is 31.9 Å². The third kappa shape index (κ3) is 6.28. The van der Waals surface area contributed by atoms with Crippen molar-refractivity contribution >= 4 is 29.5 Å². The number of pyridine rings is 1. The number of allylic oxidation sites excluding steroid dienone is 3.